The molecule has 0 aliphatic heterocycles. The summed E-state index contributed by atoms with van der Waals surface area (Å²) in [7, 11) is 0. The van der Waals surface area contributed by atoms with Gasteiger partial charge in [0.25, 0.3) is 0 Å². The Hall–Kier alpha value is -0.0800. The van der Waals surface area contributed by atoms with E-state index in [0.717, 1.165) is 24.5 Å². The van der Waals surface area contributed by atoms with Crippen LogP contribution in [0.5, 0.6) is 0 Å². The highest BCUT2D eigenvalue weighted by atomic mass is 15.2. The lowest BCUT2D eigenvalue weighted by Crippen LogP contribution is -2.41. The van der Waals surface area contributed by atoms with Crippen molar-refractivity contribution in [2.75, 3.05) is 13.1 Å². The first-order chi connectivity index (χ1) is 8.54. The number of hydrogen-bond donors (Lipinski definition) is 1. The fraction of sp³-hybridized carbons (Fsp3) is 1.00. The third kappa shape index (κ3) is 6.19. The van der Waals surface area contributed by atoms with Crippen LogP contribution >= 0.6 is 0 Å². The highest BCUT2D eigenvalue weighted by Crippen LogP contribution is 2.30. The Morgan fingerprint density at radius 1 is 1.17 bits per heavy atom. The molecule has 108 valence electrons. The van der Waals surface area contributed by atoms with Crippen molar-refractivity contribution < 1.29 is 0 Å². The van der Waals surface area contributed by atoms with Gasteiger partial charge in [0, 0.05) is 18.1 Å². The highest BCUT2D eigenvalue weighted by Gasteiger charge is 2.32. The van der Waals surface area contributed by atoms with Gasteiger partial charge in [-0.2, -0.15) is 0 Å². The van der Waals surface area contributed by atoms with Gasteiger partial charge in [0.1, 0.15) is 0 Å². The monoisotopic (exact) mass is 254 g/mol. The lowest BCUT2D eigenvalue weighted by Gasteiger charge is -2.31. The molecule has 1 N–H and O–H groups in total. The van der Waals surface area contributed by atoms with Crippen LogP contribution in [-0.4, -0.2) is 36.1 Å². The Labute approximate surface area is 115 Å². The summed E-state index contributed by atoms with van der Waals surface area (Å²) < 4.78 is 0. The second-order valence-corrected chi connectivity index (χ2v) is 6.59. The molecule has 0 aromatic heterocycles. The van der Waals surface area contributed by atoms with Crippen LogP contribution in [0.15, 0.2) is 0 Å². The van der Waals surface area contributed by atoms with Crippen LogP contribution in [-0.2, 0) is 0 Å². The van der Waals surface area contributed by atoms with Crippen molar-refractivity contribution >= 4 is 0 Å². The van der Waals surface area contributed by atoms with Crippen molar-refractivity contribution in [1.29, 1.82) is 0 Å². The Kier molecular flexibility index (Phi) is 7.25. The van der Waals surface area contributed by atoms with Crippen LogP contribution in [0.4, 0.5) is 0 Å². The van der Waals surface area contributed by atoms with Gasteiger partial charge in [-0.05, 0) is 65.0 Å². The van der Waals surface area contributed by atoms with E-state index in [1.165, 1.54) is 38.6 Å². The summed E-state index contributed by atoms with van der Waals surface area (Å²) in [6.45, 7) is 14.1. The predicted octanol–water partition coefficient (Wildman–Crippen LogP) is 3.66. The normalized spacial score (nSPS) is 19.5. The molecule has 0 bridgehead atoms. The first-order valence-corrected chi connectivity index (χ1v) is 8.03. The fourth-order valence-corrected chi connectivity index (χ4v) is 2.70. The molecular formula is C16H34N2. The SMILES string of the molecule is CCCNC(C)CC(C)N(CCC(C)C)C1CC1. The zero-order valence-corrected chi connectivity index (χ0v) is 13.2. The summed E-state index contributed by atoms with van der Waals surface area (Å²) in [6.07, 6.45) is 6.73. The minimum Gasteiger partial charge on any atom is -0.314 e. The Morgan fingerprint density at radius 2 is 1.83 bits per heavy atom. The molecule has 1 rings (SSSR count). The van der Waals surface area contributed by atoms with Gasteiger partial charge >= 0.3 is 0 Å². The second-order valence-electron chi connectivity index (χ2n) is 6.59. The largest absolute Gasteiger partial charge is 0.314 e. The highest BCUT2D eigenvalue weighted by molar-refractivity contribution is 4.88. The molecule has 0 spiro atoms. The molecule has 0 radical (unpaired) electrons. The van der Waals surface area contributed by atoms with Gasteiger partial charge in [0.05, 0.1) is 0 Å². The third-order valence-electron chi connectivity index (χ3n) is 3.98. The fourth-order valence-electron chi connectivity index (χ4n) is 2.70. The Morgan fingerprint density at radius 3 is 2.33 bits per heavy atom. The molecule has 0 heterocycles. The van der Waals surface area contributed by atoms with Crippen molar-refractivity contribution in [1.82, 2.24) is 10.2 Å². The van der Waals surface area contributed by atoms with Crippen LogP contribution < -0.4 is 5.32 Å². The van der Waals surface area contributed by atoms with E-state index in [9.17, 15) is 0 Å². The third-order valence-corrected chi connectivity index (χ3v) is 3.98. The lowest BCUT2D eigenvalue weighted by molar-refractivity contribution is 0.170. The van der Waals surface area contributed by atoms with Crippen molar-refractivity contribution in [2.24, 2.45) is 5.92 Å². The minimum atomic E-state index is 0.653. The van der Waals surface area contributed by atoms with E-state index in [1.807, 2.05) is 0 Å². The van der Waals surface area contributed by atoms with E-state index in [4.69, 9.17) is 0 Å². The van der Waals surface area contributed by atoms with Gasteiger partial charge in [-0.15, -0.1) is 0 Å². The maximum atomic E-state index is 3.62. The molecule has 0 saturated heterocycles. The molecule has 2 atom stereocenters. The van der Waals surface area contributed by atoms with Crippen LogP contribution in [0, 0.1) is 5.92 Å². The zero-order valence-electron chi connectivity index (χ0n) is 13.2. The Bertz CT molecular complexity index is 211. The predicted molar refractivity (Wildman–Crippen MR) is 81.0 cm³/mol. The summed E-state index contributed by atoms with van der Waals surface area (Å²) in [6, 6.07) is 2.29. The smallest absolute Gasteiger partial charge is 0.00992 e. The summed E-state index contributed by atoms with van der Waals surface area (Å²) in [4.78, 5) is 2.77. The summed E-state index contributed by atoms with van der Waals surface area (Å²) in [5, 5.41) is 3.62. The van der Waals surface area contributed by atoms with Gasteiger partial charge in [-0.25, -0.2) is 0 Å². The molecule has 1 saturated carbocycles. The van der Waals surface area contributed by atoms with Crippen LogP contribution in [0.1, 0.15) is 66.7 Å². The molecular weight excluding hydrogens is 220 g/mol. The maximum Gasteiger partial charge on any atom is 0.00992 e. The van der Waals surface area contributed by atoms with Gasteiger partial charge in [-0.1, -0.05) is 20.8 Å². The average molecular weight is 254 g/mol. The molecule has 1 aliphatic rings. The number of nitrogens with one attached hydrogen (secondary N) is 1. The van der Waals surface area contributed by atoms with E-state index < -0.39 is 0 Å². The summed E-state index contributed by atoms with van der Waals surface area (Å²) >= 11 is 0. The van der Waals surface area contributed by atoms with E-state index in [1.54, 1.807) is 0 Å². The van der Waals surface area contributed by atoms with Crippen molar-refractivity contribution in [3.8, 4) is 0 Å². The topological polar surface area (TPSA) is 15.3 Å². The minimum absolute atomic E-state index is 0.653. The van der Waals surface area contributed by atoms with Crippen LogP contribution in [0.2, 0.25) is 0 Å². The molecule has 2 unspecified atom stereocenters. The van der Waals surface area contributed by atoms with E-state index in [-0.39, 0.29) is 0 Å². The van der Waals surface area contributed by atoms with E-state index in [0.29, 0.717) is 6.04 Å². The van der Waals surface area contributed by atoms with Crippen LogP contribution in [0.25, 0.3) is 0 Å². The lowest BCUT2D eigenvalue weighted by atomic mass is 10.1. The van der Waals surface area contributed by atoms with Crippen molar-refractivity contribution in [3.63, 3.8) is 0 Å². The Balaban J connectivity index is 2.32. The van der Waals surface area contributed by atoms with Crippen molar-refractivity contribution in [2.45, 2.75) is 84.8 Å². The standard InChI is InChI=1S/C16H34N2/c1-6-10-17-14(4)12-15(5)18(16-7-8-16)11-9-13(2)3/h13-17H,6-12H2,1-5H3. The number of hydrogen-bond acceptors (Lipinski definition) is 2. The van der Waals surface area contributed by atoms with Gasteiger partial charge in [0.2, 0.25) is 0 Å². The van der Waals surface area contributed by atoms with Crippen LogP contribution in [0.3, 0.4) is 0 Å². The molecule has 2 heteroatoms. The molecule has 0 aromatic rings. The quantitative estimate of drug-likeness (QED) is 0.640. The molecule has 0 aromatic carbocycles. The molecule has 0 amide bonds. The summed E-state index contributed by atoms with van der Waals surface area (Å²) in [5.74, 6) is 0.828. The van der Waals surface area contributed by atoms with E-state index in [2.05, 4.69) is 44.8 Å². The molecule has 18 heavy (non-hydrogen) atoms. The number of rotatable bonds is 10. The average Bonchev–Trinajstić information content (AvgIpc) is 3.10. The van der Waals surface area contributed by atoms with E-state index >= 15 is 0 Å². The molecule has 1 fully saturated rings. The zero-order chi connectivity index (χ0) is 13.5. The first-order valence-electron chi connectivity index (χ1n) is 8.03. The summed E-state index contributed by atoms with van der Waals surface area (Å²) in [5.41, 5.74) is 0. The molecule has 1 aliphatic carbocycles. The maximum absolute atomic E-state index is 3.62. The first kappa shape index (κ1) is 16.0. The van der Waals surface area contributed by atoms with Gasteiger partial charge < -0.3 is 5.32 Å². The molecule has 2 nitrogen and oxygen atoms in total. The van der Waals surface area contributed by atoms with Crippen molar-refractivity contribution in [3.05, 3.63) is 0 Å². The number of nitrogens with zero attached hydrogens (tertiary/aromatic N) is 1. The van der Waals surface area contributed by atoms with Gasteiger partial charge in [0.15, 0.2) is 0 Å². The second kappa shape index (κ2) is 8.16. The van der Waals surface area contributed by atoms with Gasteiger partial charge in [-0.3, -0.25) is 4.90 Å².